The van der Waals surface area contributed by atoms with Crippen molar-refractivity contribution in [3.63, 3.8) is 0 Å². The summed E-state index contributed by atoms with van der Waals surface area (Å²) in [6.45, 7) is 6.97. The summed E-state index contributed by atoms with van der Waals surface area (Å²) in [5.41, 5.74) is 0. The molecule has 0 aromatic heterocycles. The molecule has 1 N–H and O–H groups in total. The highest BCUT2D eigenvalue weighted by Gasteiger charge is 2.04. The van der Waals surface area contributed by atoms with Gasteiger partial charge in [-0.15, -0.1) is 0 Å². The van der Waals surface area contributed by atoms with E-state index in [1.807, 2.05) is 19.2 Å². The first-order chi connectivity index (χ1) is 5.34. The van der Waals surface area contributed by atoms with E-state index in [1.165, 1.54) is 0 Å². The van der Waals surface area contributed by atoms with Crippen LogP contribution in [-0.4, -0.2) is 19.0 Å². The van der Waals surface area contributed by atoms with Crippen molar-refractivity contribution in [1.29, 1.82) is 0 Å². The van der Waals surface area contributed by atoms with E-state index in [-0.39, 0.29) is 0 Å². The van der Waals surface area contributed by atoms with Crippen molar-refractivity contribution in [2.75, 3.05) is 13.2 Å². The molecule has 0 spiro atoms. The minimum absolute atomic E-state index is 0.608. The summed E-state index contributed by atoms with van der Waals surface area (Å²) in [5.74, 6) is 1.34. The van der Waals surface area contributed by atoms with Crippen LogP contribution in [0.2, 0.25) is 0 Å². The summed E-state index contributed by atoms with van der Waals surface area (Å²) in [5, 5.41) is 2.95. The van der Waals surface area contributed by atoms with Crippen LogP contribution in [-0.2, 0) is 4.74 Å². The molecule has 3 heteroatoms. The van der Waals surface area contributed by atoms with E-state index >= 15 is 0 Å². The molecule has 1 aliphatic rings. The molecule has 0 saturated heterocycles. The molecule has 60 valence electrons. The van der Waals surface area contributed by atoms with Crippen LogP contribution in [0.3, 0.4) is 0 Å². The van der Waals surface area contributed by atoms with E-state index in [0.717, 1.165) is 5.84 Å². The average Bonchev–Trinajstić information content (AvgIpc) is 2.07. The van der Waals surface area contributed by atoms with E-state index in [9.17, 15) is 0 Å². The maximum atomic E-state index is 5.16. The first kappa shape index (κ1) is 7.85. The number of nitrogens with zero attached hydrogens (tertiary/aromatic N) is 1. The zero-order valence-electron chi connectivity index (χ0n) is 6.63. The summed E-state index contributed by atoms with van der Waals surface area (Å²) in [6.07, 6.45) is 3.77. The van der Waals surface area contributed by atoms with Gasteiger partial charge in [0.2, 0.25) is 0 Å². The van der Waals surface area contributed by atoms with E-state index in [4.69, 9.17) is 4.74 Å². The number of rotatable bonds is 3. The van der Waals surface area contributed by atoms with Crippen molar-refractivity contribution >= 4 is 5.84 Å². The lowest BCUT2D eigenvalue weighted by atomic mass is 10.4. The SMILES string of the molecule is C=C(OCC)C1=NCC=CN1. The summed E-state index contributed by atoms with van der Waals surface area (Å²) in [6, 6.07) is 0. The summed E-state index contributed by atoms with van der Waals surface area (Å²) in [4.78, 5) is 4.14. The lowest BCUT2D eigenvalue weighted by Gasteiger charge is -2.11. The molecule has 0 bridgehead atoms. The molecule has 0 aromatic carbocycles. The van der Waals surface area contributed by atoms with Crippen molar-refractivity contribution in [2.24, 2.45) is 4.99 Å². The second-order valence-electron chi connectivity index (χ2n) is 2.09. The molecule has 0 fully saturated rings. The van der Waals surface area contributed by atoms with Gasteiger partial charge in [-0.25, -0.2) is 0 Å². The molecule has 1 aliphatic heterocycles. The molecule has 0 saturated carbocycles. The molecule has 11 heavy (non-hydrogen) atoms. The van der Waals surface area contributed by atoms with Crippen LogP contribution in [0.1, 0.15) is 6.92 Å². The Labute approximate surface area is 66.5 Å². The quantitative estimate of drug-likeness (QED) is 0.613. The van der Waals surface area contributed by atoms with E-state index < -0.39 is 0 Å². The van der Waals surface area contributed by atoms with Crippen LogP contribution in [0.4, 0.5) is 0 Å². The Morgan fingerprint density at radius 3 is 3.27 bits per heavy atom. The lowest BCUT2D eigenvalue weighted by molar-refractivity contribution is 0.249. The Hall–Kier alpha value is -1.25. The first-order valence-electron chi connectivity index (χ1n) is 3.62. The zero-order chi connectivity index (χ0) is 8.10. The van der Waals surface area contributed by atoms with Gasteiger partial charge in [0, 0.05) is 6.20 Å². The third-order valence-corrected chi connectivity index (χ3v) is 1.28. The standard InChI is InChI=1S/C8H12N2O/c1-3-11-7(2)8-9-5-4-6-10-8/h4-5H,2-3,6H2,1H3,(H,9,10). The van der Waals surface area contributed by atoms with Gasteiger partial charge in [0.05, 0.1) is 13.2 Å². The molecule has 0 aromatic rings. The number of nitrogens with one attached hydrogen (secondary N) is 1. The van der Waals surface area contributed by atoms with Gasteiger partial charge < -0.3 is 10.1 Å². The summed E-state index contributed by atoms with van der Waals surface area (Å²) >= 11 is 0. The molecule has 0 aliphatic carbocycles. The lowest BCUT2D eigenvalue weighted by Crippen LogP contribution is -2.23. The fourth-order valence-corrected chi connectivity index (χ4v) is 0.791. The fourth-order valence-electron chi connectivity index (χ4n) is 0.791. The highest BCUT2D eigenvalue weighted by Crippen LogP contribution is 1.98. The van der Waals surface area contributed by atoms with Gasteiger partial charge >= 0.3 is 0 Å². The van der Waals surface area contributed by atoms with Crippen molar-refractivity contribution in [3.05, 3.63) is 24.6 Å². The van der Waals surface area contributed by atoms with Crippen LogP contribution in [0, 0.1) is 0 Å². The topological polar surface area (TPSA) is 33.6 Å². The predicted octanol–water partition coefficient (Wildman–Crippen LogP) is 1.05. The van der Waals surface area contributed by atoms with E-state index in [0.29, 0.717) is 18.9 Å². The molecule has 0 unspecified atom stereocenters. The van der Waals surface area contributed by atoms with Crippen molar-refractivity contribution in [3.8, 4) is 0 Å². The molecular formula is C8H12N2O. The van der Waals surface area contributed by atoms with Gasteiger partial charge in [-0.05, 0) is 13.0 Å². The van der Waals surface area contributed by atoms with Crippen LogP contribution in [0.5, 0.6) is 0 Å². The highest BCUT2D eigenvalue weighted by atomic mass is 16.5. The smallest absolute Gasteiger partial charge is 0.167 e. The Morgan fingerprint density at radius 1 is 1.91 bits per heavy atom. The molecular weight excluding hydrogens is 140 g/mol. The van der Waals surface area contributed by atoms with Crippen LogP contribution in [0.15, 0.2) is 29.6 Å². The van der Waals surface area contributed by atoms with E-state index in [2.05, 4.69) is 16.9 Å². The van der Waals surface area contributed by atoms with Crippen LogP contribution < -0.4 is 5.32 Å². The van der Waals surface area contributed by atoms with Crippen molar-refractivity contribution < 1.29 is 4.74 Å². The normalized spacial score (nSPS) is 15.2. The van der Waals surface area contributed by atoms with E-state index in [1.54, 1.807) is 0 Å². The van der Waals surface area contributed by atoms with Gasteiger partial charge in [0.15, 0.2) is 11.6 Å². The van der Waals surface area contributed by atoms with Crippen LogP contribution >= 0.6 is 0 Å². The van der Waals surface area contributed by atoms with Gasteiger partial charge in [-0.1, -0.05) is 6.58 Å². The minimum atomic E-state index is 0.608. The van der Waals surface area contributed by atoms with Gasteiger partial charge in [-0.2, -0.15) is 0 Å². The molecule has 1 rings (SSSR count). The first-order valence-corrected chi connectivity index (χ1v) is 3.62. The van der Waals surface area contributed by atoms with Crippen molar-refractivity contribution in [2.45, 2.75) is 6.92 Å². The monoisotopic (exact) mass is 152 g/mol. The fraction of sp³-hybridized carbons (Fsp3) is 0.375. The summed E-state index contributed by atoms with van der Waals surface area (Å²) in [7, 11) is 0. The largest absolute Gasteiger partial charge is 0.491 e. The molecule has 0 radical (unpaired) electrons. The van der Waals surface area contributed by atoms with Gasteiger partial charge in [0.25, 0.3) is 0 Å². The number of hydrogen-bond donors (Lipinski definition) is 1. The average molecular weight is 152 g/mol. The van der Waals surface area contributed by atoms with Gasteiger partial charge in [-0.3, -0.25) is 4.99 Å². The maximum absolute atomic E-state index is 5.16. The Kier molecular flexibility index (Phi) is 2.72. The zero-order valence-corrected chi connectivity index (χ0v) is 6.63. The number of hydrogen-bond acceptors (Lipinski definition) is 3. The molecule has 0 atom stereocenters. The number of ether oxygens (including phenoxy) is 1. The van der Waals surface area contributed by atoms with Crippen molar-refractivity contribution in [1.82, 2.24) is 5.32 Å². The predicted molar refractivity (Wildman–Crippen MR) is 45.3 cm³/mol. The Bertz CT molecular complexity index is 206. The van der Waals surface area contributed by atoms with Gasteiger partial charge in [0.1, 0.15) is 0 Å². The maximum Gasteiger partial charge on any atom is 0.167 e. The highest BCUT2D eigenvalue weighted by molar-refractivity contribution is 5.97. The Morgan fingerprint density at radius 2 is 2.73 bits per heavy atom. The van der Waals surface area contributed by atoms with Crippen LogP contribution in [0.25, 0.3) is 0 Å². The second kappa shape index (κ2) is 3.81. The third-order valence-electron chi connectivity index (χ3n) is 1.28. The molecule has 1 heterocycles. The summed E-state index contributed by atoms with van der Waals surface area (Å²) < 4.78 is 5.16. The number of aliphatic imine (C=N–C) groups is 1. The molecule has 3 nitrogen and oxygen atoms in total. The second-order valence-corrected chi connectivity index (χ2v) is 2.09. The minimum Gasteiger partial charge on any atom is -0.491 e. The number of amidine groups is 1. The third kappa shape index (κ3) is 2.11. The Balaban J connectivity index is 2.46. The molecule has 0 amide bonds.